The number of aryl methyl sites for hydroxylation is 1. The van der Waals surface area contributed by atoms with Crippen molar-refractivity contribution in [2.75, 3.05) is 34.8 Å². The second-order valence-corrected chi connectivity index (χ2v) is 7.01. The van der Waals surface area contributed by atoms with Crippen LogP contribution in [0.2, 0.25) is 0 Å². The van der Waals surface area contributed by atoms with E-state index in [1.54, 1.807) is 4.90 Å². The van der Waals surface area contributed by atoms with Crippen molar-refractivity contribution in [3.05, 3.63) is 54.1 Å². The van der Waals surface area contributed by atoms with Gasteiger partial charge in [-0.15, -0.1) is 0 Å². The van der Waals surface area contributed by atoms with Crippen LogP contribution in [0.15, 0.2) is 48.5 Å². The minimum Gasteiger partial charge on any atom is -0.372 e. The van der Waals surface area contributed by atoms with Crippen LogP contribution in [-0.4, -0.2) is 37.6 Å². The van der Waals surface area contributed by atoms with Crippen LogP contribution in [0, 0.1) is 6.92 Å². The summed E-state index contributed by atoms with van der Waals surface area (Å²) < 4.78 is 0. The van der Waals surface area contributed by atoms with Gasteiger partial charge in [-0.3, -0.25) is 4.79 Å². The molecule has 1 aliphatic heterocycles. The largest absolute Gasteiger partial charge is 0.372 e. The molecule has 0 unspecified atom stereocenters. The number of amides is 3. The fourth-order valence-corrected chi connectivity index (χ4v) is 3.58. The molecule has 2 N–H and O–H groups in total. The lowest BCUT2D eigenvalue weighted by Crippen LogP contribution is -2.39. The van der Waals surface area contributed by atoms with Crippen LogP contribution in [0.25, 0.3) is 0 Å². The molecule has 3 rings (SSSR count). The third-order valence-electron chi connectivity index (χ3n) is 5.11. The summed E-state index contributed by atoms with van der Waals surface area (Å²) in [6, 6.07) is 15.1. The van der Waals surface area contributed by atoms with E-state index in [1.807, 2.05) is 49.4 Å². The van der Waals surface area contributed by atoms with Gasteiger partial charge >= 0.3 is 6.03 Å². The van der Waals surface area contributed by atoms with Crippen LogP contribution in [0.4, 0.5) is 21.9 Å². The number of urea groups is 1. The van der Waals surface area contributed by atoms with Gasteiger partial charge in [0.1, 0.15) is 0 Å². The normalized spacial score (nSPS) is 16.2. The number of nitrogens with zero attached hydrogens (tertiary/aromatic N) is 2. The van der Waals surface area contributed by atoms with Gasteiger partial charge in [-0.1, -0.05) is 18.2 Å². The molecule has 1 saturated heterocycles. The van der Waals surface area contributed by atoms with E-state index in [-0.39, 0.29) is 18.0 Å². The van der Waals surface area contributed by atoms with E-state index in [2.05, 4.69) is 35.4 Å². The maximum absolute atomic E-state index is 12.4. The Kier molecular flexibility index (Phi) is 6.19. The molecule has 1 fully saturated rings. The van der Waals surface area contributed by atoms with Crippen molar-refractivity contribution in [3.8, 4) is 0 Å². The zero-order valence-electron chi connectivity index (χ0n) is 16.7. The van der Waals surface area contributed by atoms with Gasteiger partial charge in [0.15, 0.2) is 0 Å². The number of carbonyl (C=O) groups excluding carboxylic acids is 2. The van der Waals surface area contributed by atoms with Crippen LogP contribution in [0.3, 0.4) is 0 Å². The number of nitrogens with one attached hydrogen (secondary N) is 2. The second-order valence-electron chi connectivity index (χ2n) is 7.01. The van der Waals surface area contributed by atoms with Crippen LogP contribution in [-0.2, 0) is 4.79 Å². The van der Waals surface area contributed by atoms with E-state index < -0.39 is 0 Å². The third kappa shape index (κ3) is 4.44. The highest BCUT2D eigenvalue weighted by Crippen LogP contribution is 2.23. The van der Waals surface area contributed by atoms with Gasteiger partial charge in [0, 0.05) is 43.1 Å². The Balaban J connectivity index is 1.59. The van der Waals surface area contributed by atoms with Gasteiger partial charge in [-0.2, -0.15) is 0 Å². The Hall–Kier alpha value is -3.02. The zero-order valence-corrected chi connectivity index (χ0v) is 16.7. The number of carbonyl (C=O) groups is 2. The molecule has 6 nitrogen and oxygen atoms in total. The third-order valence-corrected chi connectivity index (χ3v) is 5.11. The lowest BCUT2D eigenvalue weighted by atomic mass is 10.1. The summed E-state index contributed by atoms with van der Waals surface area (Å²) in [4.78, 5) is 28.7. The van der Waals surface area contributed by atoms with Crippen molar-refractivity contribution in [1.82, 2.24) is 5.32 Å². The minimum absolute atomic E-state index is 0.0243. The molecule has 1 aliphatic rings. The molecule has 1 atom stereocenters. The molecule has 0 saturated carbocycles. The Bertz CT molecular complexity index is 834. The van der Waals surface area contributed by atoms with E-state index in [9.17, 15) is 9.59 Å². The zero-order chi connectivity index (χ0) is 20.1. The second kappa shape index (κ2) is 8.78. The first kappa shape index (κ1) is 19.7. The fourth-order valence-electron chi connectivity index (χ4n) is 3.58. The van der Waals surface area contributed by atoms with Crippen LogP contribution in [0.5, 0.6) is 0 Å². The van der Waals surface area contributed by atoms with Crippen LogP contribution in [0.1, 0.15) is 25.8 Å². The maximum Gasteiger partial charge on any atom is 0.319 e. The molecule has 148 valence electrons. The van der Waals surface area contributed by atoms with Crippen molar-refractivity contribution in [1.29, 1.82) is 0 Å². The van der Waals surface area contributed by atoms with E-state index in [4.69, 9.17) is 0 Å². The predicted molar refractivity (Wildman–Crippen MR) is 114 cm³/mol. The molecule has 0 spiro atoms. The molecule has 0 aromatic heterocycles. The average molecular weight is 380 g/mol. The molecule has 6 heteroatoms. The molecule has 0 radical (unpaired) electrons. The molecular formula is C22H28N4O2. The van der Waals surface area contributed by atoms with E-state index in [1.165, 1.54) is 0 Å². The van der Waals surface area contributed by atoms with Crippen molar-refractivity contribution in [2.45, 2.75) is 33.2 Å². The van der Waals surface area contributed by atoms with Crippen molar-refractivity contribution >= 4 is 29.0 Å². The Morgan fingerprint density at radius 2 is 1.86 bits per heavy atom. The lowest BCUT2D eigenvalue weighted by Gasteiger charge is -2.22. The molecule has 2 aromatic rings. The molecule has 2 aromatic carbocycles. The number of anilines is 3. The first-order valence-electron chi connectivity index (χ1n) is 9.80. The van der Waals surface area contributed by atoms with Crippen LogP contribution < -0.4 is 20.4 Å². The van der Waals surface area contributed by atoms with Crippen molar-refractivity contribution in [2.24, 2.45) is 0 Å². The molecule has 1 heterocycles. The summed E-state index contributed by atoms with van der Waals surface area (Å²) in [6.45, 7) is 8.60. The average Bonchev–Trinajstić information content (AvgIpc) is 3.05. The smallest absolute Gasteiger partial charge is 0.319 e. The number of hydrogen-bond donors (Lipinski definition) is 2. The summed E-state index contributed by atoms with van der Waals surface area (Å²) in [5, 5.41) is 5.83. The summed E-state index contributed by atoms with van der Waals surface area (Å²) in [6.07, 6.45) is 0.308. The number of benzene rings is 2. The molecule has 28 heavy (non-hydrogen) atoms. The standard InChI is InChI=1S/C22H28N4O2/c1-4-25(5-2)19-11-12-20(16(3)13-19)24-22(28)23-17-14-21(27)26(15-17)18-9-7-6-8-10-18/h6-13,17H,4-5,14-15H2,1-3H3,(H2,23,24,28)/t17-/m0/s1. The highest BCUT2D eigenvalue weighted by molar-refractivity contribution is 5.97. The Morgan fingerprint density at radius 1 is 1.14 bits per heavy atom. The molecular weight excluding hydrogens is 352 g/mol. The predicted octanol–water partition coefficient (Wildman–Crippen LogP) is 3.77. The summed E-state index contributed by atoms with van der Waals surface area (Å²) in [5.74, 6) is 0.0243. The van der Waals surface area contributed by atoms with Gasteiger partial charge < -0.3 is 20.4 Å². The Labute approximate surface area is 166 Å². The van der Waals surface area contributed by atoms with Gasteiger partial charge in [-0.05, 0) is 56.7 Å². The van der Waals surface area contributed by atoms with Gasteiger partial charge in [-0.25, -0.2) is 4.79 Å². The van der Waals surface area contributed by atoms with Crippen molar-refractivity contribution in [3.63, 3.8) is 0 Å². The van der Waals surface area contributed by atoms with Gasteiger partial charge in [0.05, 0.1) is 6.04 Å². The Morgan fingerprint density at radius 3 is 2.50 bits per heavy atom. The summed E-state index contributed by atoms with van der Waals surface area (Å²) in [7, 11) is 0. The first-order valence-corrected chi connectivity index (χ1v) is 9.80. The molecule has 0 bridgehead atoms. The fraction of sp³-hybridized carbons (Fsp3) is 0.364. The molecule has 3 amide bonds. The van der Waals surface area contributed by atoms with Crippen LogP contribution >= 0.6 is 0 Å². The number of para-hydroxylation sites is 1. The van der Waals surface area contributed by atoms with E-state index in [0.29, 0.717) is 13.0 Å². The minimum atomic E-state index is -0.286. The van der Waals surface area contributed by atoms with Gasteiger partial charge in [0.2, 0.25) is 5.91 Å². The van der Waals surface area contributed by atoms with Gasteiger partial charge in [0.25, 0.3) is 0 Å². The summed E-state index contributed by atoms with van der Waals surface area (Å²) in [5.41, 5.74) is 3.79. The highest BCUT2D eigenvalue weighted by Gasteiger charge is 2.31. The lowest BCUT2D eigenvalue weighted by molar-refractivity contribution is -0.117. The quantitative estimate of drug-likeness (QED) is 0.802. The molecule has 0 aliphatic carbocycles. The maximum atomic E-state index is 12.4. The monoisotopic (exact) mass is 380 g/mol. The van der Waals surface area contributed by atoms with Crippen molar-refractivity contribution < 1.29 is 9.59 Å². The van der Waals surface area contributed by atoms with E-state index in [0.717, 1.165) is 35.7 Å². The topological polar surface area (TPSA) is 64.7 Å². The first-order chi connectivity index (χ1) is 13.5. The number of hydrogen-bond acceptors (Lipinski definition) is 3. The highest BCUT2D eigenvalue weighted by atomic mass is 16.2. The van der Waals surface area contributed by atoms with E-state index >= 15 is 0 Å². The SMILES string of the molecule is CCN(CC)c1ccc(NC(=O)N[C@H]2CC(=O)N(c3ccccc3)C2)c(C)c1. The number of rotatable bonds is 6. The summed E-state index contributed by atoms with van der Waals surface area (Å²) >= 11 is 0.